The molecule has 0 N–H and O–H groups in total. The summed E-state index contributed by atoms with van der Waals surface area (Å²) in [5, 5.41) is 4.39. The van der Waals surface area contributed by atoms with Crippen LogP contribution in [0.15, 0.2) is 77.5 Å². The molecule has 0 bridgehead atoms. The van der Waals surface area contributed by atoms with Gasteiger partial charge in [-0.15, -0.1) is 0 Å². The minimum Gasteiger partial charge on any atom is -0.459 e. The third-order valence-electron chi connectivity index (χ3n) is 4.28. The van der Waals surface area contributed by atoms with E-state index < -0.39 is 0 Å². The van der Waals surface area contributed by atoms with Gasteiger partial charge in [0.25, 0.3) is 0 Å². The van der Waals surface area contributed by atoms with Gasteiger partial charge in [-0.1, -0.05) is 30.3 Å². The summed E-state index contributed by atoms with van der Waals surface area (Å²) in [6, 6.07) is 17.8. The quantitative estimate of drug-likeness (QED) is 0.438. The molecule has 0 aliphatic rings. The van der Waals surface area contributed by atoms with E-state index in [4.69, 9.17) is 9.15 Å². The Bertz CT molecular complexity index is 1110. The average molecular weight is 391 g/mol. The zero-order valence-corrected chi connectivity index (χ0v) is 15.5. The maximum absolute atomic E-state index is 13.8. The smallest absolute Gasteiger partial charge is 0.306 e. The number of rotatable bonds is 7. The molecule has 2 heterocycles. The van der Waals surface area contributed by atoms with E-state index in [0.717, 1.165) is 5.69 Å². The van der Waals surface area contributed by atoms with Crippen molar-refractivity contribution in [2.45, 2.75) is 19.4 Å². The normalized spacial score (nSPS) is 10.8. The summed E-state index contributed by atoms with van der Waals surface area (Å²) >= 11 is 0. The largest absolute Gasteiger partial charge is 0.459 e. The van der Waals surface area contributed by atoms with E-state index in [-0.39, 0.29) is 31.2 Å². The highest BCUT2D eigenvalue weighted by atomic mass is 19.1. The van der Waals surface area contributed by atoms with Crippen molar-refractivity contribution in [1.29, 1.82) is 0 Å². The van der Waals surface area contributed by atoms with Gasteiger partial charge in [-0.05, 0) is 30.3 Å². The van der Waals surface area contributed by atoms with E-state index in [1.807, 2.05) is 36.5 Å². The fourth-order valence-corrected chi connectivity index (χ4v) is 2.81. The van der Waals surface area contributed by atoms with Crippen LogP contribution in [-0.4, -0.2) is 20.7 Å². The number of para-hydroxylation sites is 1. The van der Waals surface area contributed by atoms with E-state index >= 15 is 0 Å². The molecule has 7 heteroatoms. The number of aryl methyl sites for hydroxylation is 1. The Morgan fingerprint density at radius 2 is 1.86 bits per heavy atom. The molecule has 146 valence electrons. The zero-order valence-electron chi connectivity index (χ0n) is 15.5. The minimum absolute atomic E-state index is 0.0880. The number of esters is 1. The Balaban J connectivity index is 1.28. The van der Waals surface area contributed by atoms with Crippen LogP contribution in [0, 0.1) is 5.82 Å². The molecule has 0 saturated carbocycles. The van der Waals surface area contributed by atoms with E-state index in [1.54, 1.807) is 28.9 Å². The Kier molecular flexibility index (Phi) is 5.47. The molecular formula is C22H18FN3O3. The standard InChI is InChI=1S/C22H18FN3O3/c23-19-9-5-4-8-18(19)20-14-24-21(29-20)10-11-22(27)28-15-16-12-13-26(25-16)17-6-2-1-3-7-17/h1-9,12-14H,10-11,15H2. The number of hydrogen-bond acceptors (Lipinski definition) is 5. The predicted octanol–water partition coefficient (Wildman–Crippen LogP) is 4.34. The summed E-state index contributed by atoms with van der Waals surface area (Å²) in [4.78, 5) is 16.1. The van der Waals surface area contributed by atoms with Crippen LogP contribution in [0.5, 0.6) is 0 Å². The van der Waals surface area contributed by atoms with Gasteiger partial charge in [-0.3, -0.25) is 4.79 Å². The molecule has 0 aliphatic carbocycles. The molecule has 4 aromatic rings. The van der Waals surface area contributed by atoms with Crippen LogP contribution in [0.1, 0.15) is 18.0 Å². The Morgan fingerprint density at radius 1 is 1.07 bits per heavy atom. The van der Waals surface area contributed by atoms with Crippen molar-refractivity contribution in [2.24, 2.45) is 0 Å². The fourth-order valence-electron chi connectivity index (χ4n) is 2.81. The zero-order chi connectivity index (χ0) is 20.1. The molecule has 2 aromatic heterocycles. The molecule has 0 spiro atoms. The number of ether oxygens (including phenoxy) is 1. The molecule has 0 atom stereocenters. The molecule has 0 radical (unpaired) electrons. The number of hydrogen-bond donors (Lipinski definition) is 0. The summed E-state index contributed by atoms with van der Waals surface area (Å²) in [6.45, 7) is 0.0880. The third kappa shape index (κ3) is 4.57. The molecule has 0 saturated heterocycles. The molecule has 4 rings (SSSR count). The van der Waals surface area contributed by atoms with Crippen LogP contribution in [0.2, 0.25) is 0 Å². The van der Waals surface area contributed by atoms with Gasteiger partial charge in [0.2, 0.25) is 0 Å². The summed E-state index contributed by atoms with van der Waals surface area (Å²) < 4.78 is 26.3. The van der Waals surface area contributed by atoms with E-state index in [0.29, 0.717) is 22.9 Å². The molecule has 0 amide bonds. The van der Waals surface area contributed by atoms with Crippen molar-refractivity contribution in [3.05, 3.63) is 90.5 Å². The fraction of sp³-hybridized carbons (Fsp3) is 0.136. The van der Waals surface area contributed by atoms with Crippen LogP contribution in [-0.2, 0) is 22.6 Å². The van der Waals surface area contributed by atoms with Crippen molar-refractivity contribution < 1.29 is 18.3 Å². The topological polar surface area (TPSA) is 70.2 Å². The Hall–Kier alpha value is -3.74. The summed E-state index contributed by atoms with van der Waals surface area (Å²) in [7, 11) is 0. The van der Waals surface area contributed by atoms with Gasteiger partial charge in [0.05, 0.1) is 23.9 Å². The highest BCUT2D eigenvalue weighted by molar-refractivity contribution is 5.69. The molecule has 0 aliphatic heterocycles. The van der Waals surface area contributed by atoms with Crippen molar-refractivity contribution in [2.75, 3.05) is 0 Å². The van der Waals surface area contributed by atoms with Crippen molar-refractivity contribution >= 4 is 5.97 Å². The maximum Gasteiger partial charge on any atom is 0.306 e. The van der Waals surface area contributed by atoms with Gasteiger partial charge < -0.3 is 9.15 Å². The second kappa shape index (κ2) is 8.52. The number of benzene rings is 2. The lowest BCUT2D eigenvalue weighted by molar-refractivity contribution is -0.145. The minimum atomic E-state index is -0.385. The van der Waals surface area contributed by atoms with E-state index in [2.05, 4.69) is 10.1 Å². The van der Waals surface area contributed by atoms with Gasteiger partial charge in [0.15, 0.2) is 11.7 Å². The number of halogens is 1. The van der Waals surface area contributed by atoms with E-state index in [9.17, 15) is 9.18 Å². The monoisotopic (exact) mass is 391 g/mol. The highest BCUT2D eigenvalue weighted by Gasteiger charge is 2.13. The first-order valence-corrected chi connectivity index (χ1v) is 9.14. The molecule has 0 unspecified atom stereocenters. The molecule has 6 nitrogen and oxygen atoms in total. The number of oxazole rings is 1. The first-order chi connectivity index (χ1) is 14.2. The van der Waals surface area contributed by atoms with Gasteiger partial charge in [0, 0.05) is 12.6 Å². The highest BCUT2D eigenvalue weighted by Crippen LogP contribution is 2.23. The van der Waals surface area contributed by atoms with Crippen LogP contribution in [0.3, 0.4) is 0 Å². The van der Waals surface area contributed by atoms with Crippen LogP contribution in [0.4, 0.5) is 4.39 Å². The van der Waals surface area contributed by atoms with Crippen LogP contribution >= 0.6 is 0 Å². The van der Waals surface area contributed by atoms with Gasteiger partial charge in [-0.25, -0.2) is 14.1 Å². The van der Waals surface area contributed by atoms with Gasteiger partial charge >= 0.3 is 5.97 Å². The summed E-state index contributed by atoms with van der Waals surface area (Å²) in [5.74, 6) is -0.0825. The Morgan fingerprint density at radius 3 is 2.69 bits per heavy atom. The number of carbonyl (C=O) groups is 1. The van der Waals surface area contributed by atoms with E-state index in [1.165, 1.54) is 12.3 Å². The second-order valence-corrected chi connectivity index (χ2v) is 6.35. The van der Waals surface area contributed by atoms with Crippen LogP contribution in [0.25, 0.3) is 17.0 Å². The second-order valence-electron chi connectivity index (χ2n) is 6.35. The van der Waals surface area contributed by atoms with Crippen molar-refractivity contribution in [3.63, 3.8) is 0 Å². The molecule has 0 fully saturated rings. The Labute approximate surface area is 166 Å². The lowest BCUT2D eigenvalue weighted by Gasteiger charge is -2.02. The predicted molar refractivity (Wildman–Crippen MR) is 104 cm³/mol. The first-order valence-electron chi connectivity index (χ1n) is 9.14. The number of carbonyl (C=O) groups excluding carboxylic acids is 1. The van der Waals surface area contributed by atoms with Crippen molar-refractivity contribution in [1.82, 2.24) is 14.8 Å². The molecule has 2 aromatic carbocycles. The van der Waals surface area contributed by atoms with Gasteiger partial charge in [0.1, 0.15) is 18.1 Å². The summed E-state index contributed by atoms with van der Waals surface area (Å²) in [5.41, 5.74) is 1.92. The molecule has 29 heavy (non-hydrogen) atoms. The summed E-state index contributed by atoms with van der Waals surface area (Å²) in [6.07, 6.45) is 3.65. The number of aromatic nitrogens is 3. The van der Waals surface area contributed by atoms with Gasteiger partial charge in [-0.2, -0.15) is 5.10 Å². The van der Waals surface area contributed by atoms with Crippen molar-refractivity contribution in [3.8, 4) is 17.0 Å². The lowest BCUT2D eigenvalue weighted by Crippen LogP contribution is -2.06. The first kappa shape index (κ1) is 18.6. The maximum atomic E-state index is 13.8. The number of nitrogens with zero attached hydrogens (tertiary/aromatic N) is 3. The average Bonchev–Trinajstić information content (AvgIpc) is 3.41. The van der Waals surface area contributed by atoms with Crippen LogP contribution < -0.4 is 0 Å². The lowest BCUT2D eigenvalue weighted by atomic mass is 10.2. The SMILES string of the molecule is O=C(CCc1ncc(-c2ccccc2F)o1)OCc1ccn(-c2ccccc2)n1. The molecular weight excluding hydrogens is 373 g/mol. The third-order valence-corrected chi connectivity index (χ3v) is 4.28.